The molecule has 0 bridgehead atoms. The Balaban J connectivity index is 3.06. The van der Waals surface area contributed by atoms with Gasteiger partial charge in [0.2, 0.25) is 5.91 Å². The molecule has 1 saturated heterocycles. The predicted octanol–water partition coefficient (Wildman–Crippen LogP) is 1.59. The van der Waals surface area contributed by atoms with Gasteiger partial charge in [0.05, 0.1) is 0 Å². The molecule has 3 nitrogen and oxygen atoms in total. The minimum absolute atomic E-state index is 0.0573. The number of ketones is 1. The molecule has 1 fully saturated rings. The SMILES string of the molecule is C=C1N(C)C(=O)C1(C)C(=O)C(C)(C)C. The van der Waals surface area contributed by atoms with Crippen LogP contribution in [0.15, 0.2) is 12.3 Å². The van der Waals surface area contributed by atoms with Crippen LogP contribution in [0.25, 0.3) is 0 Å². The smallest absolute Gasteiger partial charge is 0.245 e. The maximum Gasteiger partial charge on any atom is 0.245 e. The van der Waals surface area contributed by atoms with Crippen LogP contribution in [-0.2, 0) is 9.59 Å². The van der Waals surface area contributed by atoms with Crippen molar-refractivity contribution in [3.8, 4) is 0 Å². The van der Waals surface area contributed by atoms with Crippen molar-refractivity contribution in [2.45, 2.75) is 27.7 Å². The molecule has 0 spiro atoms. The van der Waals surface area contributed by atoms with Crippen molar-refractivity contribution in [2.24, 2.45) is 10.8 Å². The van der Waals surface area contributed by atoms with E-state index < -0.39 is 10.8 Å². The summed E-state index contributed by atoms with van der Waals surface area (Å²) in [6.07, 6.45) is 0. The Morgan fingerprint density at radius 1 is 1.43 bits per heavy atom. The molecule has 78 valence electrons. The number of amides is 1. The van der Waals surface area contributed by atoms with E-state index in [0.29, 0.717) is 5.70 Å². The molecule has 0 aliphatic carbocycles. The summed E-state index contributed by atoms with van der Waals surface area (Å²) in [5, 5.41) is 0. The van der Waals surface area contributed by atoms with Gasteiger partial charge in [-0.25, -0.2) is 0 Å². The van der Waals surface area contributed by atoms with Gasteiger partial charge in [-0.1, -0.05) is 27.4 Å². The molecule has 1 aliphatic heterocycles. The van der Waals surface area contributed by atoms with Crippen molar-refractivity contribution in [3.63, 3.8) is 0 Å². The normalized spacial score (nSPS) is 27.6. The Morgan fingerprint density at radius 3 is 2.14 bits per heavy atom. The molecular formula is C11H17NO2. The van der Waals surface area contributed by atoms with Crippen LogP contribution in [0.3, 0.4) is 0 Å². The van der Waals surface area contributed by atoms with Crippen LogP contribution in [0, 0.1) is 10.8 Å². The first-order valence-electron chi connectivity index (χ1n) is 4.66. The molecule has 1 rings (SSSR count). The topological polar surface area (TPSA) is 37.4 Å². The van der Waals surface area contributed by atoms with E-state index in [2.05, 4.69) is 6.58 Å². The zero-order valence-electron chi connectivity index (χ0n) is 9.47. The van der Waals surface area contributed by atoms with Gasteiger partial charge in [0.25, 0.3) is 0 Å². The number of hydrogen-bond acceptors (Lipinski definition) is 2. The Bertz CT molecular complexity index is 307. The van der Waals surface area contributed by atoms with Crippen LogP contribution in [-0.4, -0.2) is 23.6 Å². The van der Waals surface area contributed by atoms with Crippen molar-refractivity contribution < 1.29 is 9.59 Å². The van der Waals surface area contributed by atoms with Gasteiger partial charge in [0, 0.05) is 18.2 Å². The Morgan fingerprint density at radius 2 is 1.86 bits per heavy atom. The molecule has 1 unspecified atom stereocenters. The predicted molar refractivity (Wildman–Crippen MR) is 54.5 cm³/mol. The van der Waals surface area contributed by atoms with Crippen LogP contribution < -0.4 is 0 Å². The zero-order chi connectivity index (χ0) is 11.3. The minimum atomic E-state index is -0.993. The number of nitrogens with zero attached hydrogens (tertiary/aromatic N) is 1. The zero-order valence-corrected chi connectivity index (χ0v) is 9.47. The largest absolute Gasteiger partial charge is 0.317 e. The van der Waals surface area contributed by atoms with Crippen LogP contribution in [0.2, 0.25) is 0 Å². The summed E-state index contributed by atoms with van der Waals surface area (Å²) < 4.78 is 0. The molecule has 1 amide bonds. The number of carbonyl (C=O) groups is 2. The van der Waals surface area contributed by atoms with E-state index >= 15 is 0 Å². The second-order valence-corrected chi connectivity index (χ2v) is 5.01. The van der Waals surface area contributed by atoms with E-state index in [1.807, 2.05) is 20.8 Å². The third-order valence-corrected chi connectivity index (χ3v) is 2.85. The summed E-state index contributed by atoms with van der Waals surface area (Å²) in [6.45, 7) is 10.9. The van der Waals surface area contributed by atoms with E-state index in [1.165, 1.54) is 4.90 Å². The van der Waals surface area contributed by atoms with Gasteiger partial charge < -0.3 is 4.90 Å². The fraction of sp³-hybridized carbons (Fsp3) is 0.636. The second kappa shape index (κ2) is 2.69. The van der Waals surface area contributed by atoms with Crippen LogP contribution in [0.1, 0.15) is 27.7 Å². The molecule has 0 saturated carbocycles. The molecular weight excluding hydrogens is 178 g/mol. The lowest BCUT2D eigenvalue weighted by atomic mass is 9.66. The van der Waals surface area contributed by atoms with Gasteiger partial charge in [0.1, 0.15) is 5.41 Å². The van der Waals surface area contributed by atoms with E-state index in [-0.39, 0.29) is 11.7 Å². The molecule has 1 atom stereocenters. The third-order valence-electron chi connectivity index (χ3n) is 2.85. The number of likely N-dealkylation sites (tertiary alicyclic amines) is 1. The van der Waals surface area contributed by atoms with Gasteiger partial charge in [-0.3, -0.25) is 9.59 Å². The highest BCUT2D eigenvalue weighted by atomic mass is 16.2. The highest BCUT2D eigenvalue weighted by molar-refractivity contribution is 6.15. The molecule has 14 heavy (non-hydrogen) atoms. The average molecular weight is 195 g/mol. The summed E-state index contributed by atoms with van der Waals surface area (Å²) in [7, 11) is 1.64. The lowest BCUT2D eigenvalue weighted by Gasteiger charge is -2.47. The maximum atomic E-state index is 12.0. The fourth-order valence-corrected chi connectivity index (χ4v) is 1.84. The lowest BCUT2D eigenvalue weighted by molar-refractivity contribution is -0.158. The van der Waals surface area contributed by atoms with Crippen LogP contribution >= 0.6 is 0 Å². The van der Waals surface area contributed by atoms with Crippen molar-refractivity contribution >= 4 is 11.7 Å². The van der Waals surface area contributed by atoms with Gasteiger partial charge in [-0.15, -0.1) is 0 Å². The first kappa shape index (κ1) is 11.0. The van der Waals surface area contributed by atoms with E-state index in [1.54, 1.807) is 14.0 Å². The fourth-order valence-electron chi connectivity index (χ4n) is 1.84. The average Bonchev–Trinajstić information content (AvgIpc) is 2.11. The number of rotatable bonds is 1. The number of hydrogen-bond donors (Lipinski definition) is 0. The van der Waals surface area contributed by atoms with Gasteiger partial charge in [0.15, 0.2) is 5.78 Å². The van der Waals surface area contributed by atoms with Crippen molar-refractivity contribution in [3.05, 3.63) is 12.3 Å². The van der Waals surface area contributed by atoms with E-state index in [4.69, 9.17) is 0 Å². The quantitative estimate of drug-likeness (QED) is 0.470. The number of carbonyl (C=O) groups excluding carboxylic acids is 2. The monoisotopic (exact) mass is 195 g/mol. The molecule has 0 aromatic rings. The summed E-state index contributed by atoms with van der Waals surface area (Å²) in [4.78, 5) is 25.1. The van der Waals surface area contributed by atoms with Gasteiger partial charge in [-0.2, -0.15) is 0 Å². The van der Waals surface area contributed by atoms with Crippen molar-refractivity contribution in [1.82, 2.24) is 4.90 Å². The molecule has 1 aliphatic rings. The summed E-state index contributed by atoms with van der Waals surface area (Å²) in [5.74, 6) is -0.208. The molecule has 0 aromatic carbocycles. The summed E-state index contributed by atoms with van der Waals surface area (Å²) in [5.41, 5.74) is -0.899. The van der Waals surface area contributed by atoms with Crippen LogP contribution in [0.5, 0.6) is 0 Å². The van der Waals surface area contributed by atoms with Crippen molar-refractivity contribution in [2.75, 3.05) is 7.05 Å². The Labute approximate surface area is 84.8 Å². The standard InChI is InChI=1S/C11H17NO2/c1-7-11(5,9(14)12(7)6)8(13)10(2,3)4/h1H2,2-6H3. The van der Waals surface area contributed by atoms with E-state index in [0.717, 1.165) is 0 Å². The molecule has 0 N–H and O–H groups in total. The number of Topliss-reactive ketones (excluding diaryl/α,β-unsaturated/α-hetero) is 1. The highest BCUT2D eigenvalue weighted by Gasteiger charge is 2.58. The second-order valence-electron chi connectivity index (χ2n) is 5.01. The molecule has 0 radical (unpaired) electrons. The maximum absolute atomic E-state index is 12.0. The van der Waals surface area contributed by atoms with Crippen LogP contribution in [0.4, 0.5) is 0 Å². The first-order valence-corrected chi connectivity index (χ1v) is 4.66. The summed E-state index contributed by atoms with van der Waals surface area (Å²) in [6, 6.07) is 0. The lowest BCUT2D eigenvalue weighted by Crippen LogP contribution is -2.61. The Kier molecular flexibility index (Phi) is 2.10. The minimum Gasteiger partial charge on any atom is -0.317 e. The Hall–Kier alpha value is -1.12. The highest BCUT2D eigenvalue weighted by Crippen LogP contribution is 2.45. The molecule has 1 heterocycles. The first-order chi connectivity index (χ1) is 6.13. The summed E-state index contributed by atoms with van der Waals surface area (Å²) >= 11 is 0. The molecule has 0 aromatic heterocycles. The van der Waals surface area contributed by atoms with Gasteiger partial charge in [-0.05, 0) is 6.92 Å². The molecule has 3 heteroatoms. The third kappa shape index (κ3) is 1.11. The van der Waals surface area contributed by atoms with E-state index in [9.17, 15) is 9.59 Å². The number of β-lactam (4-membered cyclic amide) rings is 1. The van der Waals surface area contributed by atoms with Crippen molar-refractivity contribution in [1.29, 1.82) is 0 Å². The van der Waals surface area contributed by atoms with Gasteiger partial charge >= 0.3 is 0 Å².